The summed E-state index contributed by atoms with van der Waals surface area (Å²) >= 11 is 0. The van der Waals surface area contributed by atoms with Gasteiger partial charge in [0, 0.05) is 19.3 Å². The quantitative estimate of drug-likeness (QED) is 0.696. The van der Waals surface area contributed by atoms with Gasteiger partial charge in [0.1, 0.15) is 0 Å². The Balaban J connectivity index is 2.66. The molecule has 0 aliphatic carbocycles. The van der Waals surface area contributed by atoms with Gasteiger partial charge in [0.25, 0.3) is 0 Å². The Morgan fingerprint density at radius 3 is 3.00 bits per heavy atom. The molecule has 0 spiro atoms. The van der Waals surface area contributed by atoms with Gasteiger partial charge in [0.2, 0.25) is 0 Å². The zero-order valence-electron chi connectivity index (χ0n) is 8.33. The number of rotatable bonds is 5. The lowest BCUT2D eigenvalue weighted by atomic mass is 10.1. The summed E-state index contributed by atoms with van der Waals surface area (Å²) in [6, 6.07) is 0.380. The van der Waals surface area contributed by atoms with Crippen LogP contribution in [0, 0.1) is 0 Å². The average Bonchev–Trinajstić information content (AvgIpc) is 2.54. The highest BCUT2D eigenvalue weighted by atomic mass is 15.1. The van der Waals surface area contributed by atoms with Gasteiger partial charge in [0.05, 0.1) is 12.0 Å². The zero-order chi connectivity index (χ0) is 9.68. The fourth-order valence-corrected chi connectivity index (χ4v) is 1.43. The van der Waals surface area contributed by atoms with E-state index in [2.05, 4.69) is 16.9 Å². The summed E-state index contributed by atoms with van der Waals surface area (Å²) in [5.41, 5.74) is 1.23. The monoisotopic (exact) mass is 179 g/mol. The number of aromatic nitrogens is 2. The molecule has 0 aromatic carbocycles. The van der Waals surface area contributed by atoms with Crippen LogP contribution in [0.25, 0.3) is 0 Å². The Labute approximate surface area is 79.5 Å². The van der Waals surface area contributed by atoms with Crippen LogP contribution in [-0.4, -0.2) is 16.6 Å². The summed E-state index contributed by atoms with van der Waals surface area (Å²) < 4.78 is 2.05. The summed E-state index contributed by atoms with van der Waals surface area (Å²) in [5.74, 6) is 0. The molecule has 1 rings (SSSR count). The van der Waals surface area contributed by atoms with Crippen molar-refractivity contribution in [2.24, 2.45) is 7.05 Å². The first kappa shape index (κ1) is 9.99. The molecule has 1 aromatic rings. The van der Waals surface area contributed by atoms with Crippen molar-refractivity contribution in [3.8, 4) is 0 Å². The van der Waals surface area contributed by atoms with Crippen LogP contribution in [-0.2, 0) is 7.05 Å². The lowest BCUT2D eigenvalue weighted by molar-refractivity contribution is 0.524. The second-order valence-corrected chi connectivity index (χ2v) is 3.14. The van der Waals surface area contributed by atoms with Crippen LogP contribution in [0.5, 0.6) is 0 Å². The molecule has 0 aliphatic heterocycles. The van der Waals surface area contributed by atoms with Crippen LogP contribution in [0.2, 0.25) is 0 Å². The highest BCUT2D eigenvalue weighted by Gasteiger charge is 2.10. The van der Waals surface area contributed by atoms with E-state index in [-0.39, 0.29) is 0 Å². The van der Waals surface area contributed by atoms with Gasteiger partial charge in [-0.05, 0) is 19.9 Å². The van der Waals surface area contributed by atoms with Gasteiger partial charge in [-0.15, -0.1) is 6.58 Å². The molecule has 0 aliphatic rings. The minimum absolute atomic E-state index is 0.380. The van der Waals surface area contributed by atoms with Gasteiger partial charge in [-0.25, -0.2) is 4.98 Å². The lowest BCUT2D eigenvalue weighted by Crippen LogP contribution is -2.18. The zero-order valence-corrected chi connectivity index (χ0v) is 8.33. The van der Waals surface area contributed by atoms with Crippen LogP contribution in [0.1, 0.15) is 24.6 Å². The van der Waals surface area contributed by atoms with E-state index in [1.54, 1.807) is 0 Å². The molecule has 0 fully saturated rings. The van der Waals surface area contributed by atoms with E-state index in [1.165, 1.54) is 5.69 Å². The first-order valence-electron chi connectivity index (χ1n) is 4.54. The number of hydrogen-bond donors (Lipinski definition) is 1. The molecule has 1 unspecified atom stereocenters. The molecule has 3 nitrogen and oxygen atoms in total. The first-order chi connectivity index (χ1) is 6.29. The molecule has 1 atom stereocenters. The molecule has 0 saturated heterocycles. The average molecular weight is 179 g/mol. The Hall–Kier alpha value is -1.09. The molecule has 1 aromatic heterocycles. The summed E-state index contributed by atoms with van der Waals surface area (Å²) in [6.07, 6.45) is 7.77. The Morgan fingerprint density at radius 1 is 1.77 bits per heavy atom. The normalized spacial score (nSPS) is 12.8. The van der Waals surface area contributed by atoms with Crippen molar-refractivity contribution in [1.82, 2.24) is 14.9 Å². The van der Waals surface area contributed by atoms with Crippen LogP contribution < -0.4 is 5.32 Å². The lowest BCUT2D eigenvalue weighted by Gasteiger charge is -2.15. The maximum atomic E-state index is 4.10. The molecule has 0 radical (unpaired) electrons. The van der Waals surface area contributed by atoms with Gasteiger partial charge >= 0.3 is 0 Å². The third-order valence-electron chi connectivity index (χ3n) is 2.22. The van der Waals surface area contributed by atoms with Gasteiger partial charge in [0.15, 0.2) is 0 Å². The minimum atomic E-state index is 0.380. The first-order valence-corrected chi connectivity index (χ1v) is 4.54. The van der Waals surface area contributed by atoms with Crippen molar-refractivity contribution in [2.75, 3.05) is 7.05 Å². The number of imidazole rings is 1. The van der Waals surface area contributed by atoms with Gasteiger partial charge in [-0.1, -0.05) is 6.08 Å². The predicted molar refractivity (Wildman–Crippen MR) is 54.4 cm³/mol. The fourth-order valence-electron chi connectivity index (χ4n) is 1.43. The number of nitrogens with zero attached hydrogens (tertiary/aromatic N) is 2. The van der Waals surface area contributed by atoms with Crippen LogP contribution >= 0.6 is 0 Å². The Bertz CT molecular complexity index is 265. The van der Waals surface area contributed by atoms with E-state index >= 15 is 0 Å². The van der Waals surface area contributed by atoms with Crippen molar-refractivity contribution in [3.63, 3.8) is 0 Å². The van der Waals surface area contributed by atoms with Gasteiger partial charge in [-0.2, -0.15) is 0 Å². The van der Waals surface area contributed by atoms with E-state index in [0.717, 1.165) is 12.8 Å². The van der Waals surface area contributed by atoms with E-state index in [0.29, 0.717) is 6.04 Å². The van der Waals surface area contributed by atoms with E-state index in [4.69, 9.17) is 0 Å². The second kappa shape index (κ2) is 4.82. The highest BCUT2D eigenvalue weighted by Crippen LogP contribution is 2.16. The van der Waals surface area contributed by atoms with Crippen molar-refractivity contribution >= 4 is 0 Å². The third-order valence-corrected chi connectivity index (χ3v) is 2.22. The van der Waals surface area contributed by atoms with E-state index in [9.17, 15) is 0 Å². The van der Waals surface area contributed by atoms with Crippen LogP contribution in [0.4, 0.5) is 0 Å². The molecular weight excluding hydrogens is 162 g/mol. The van der Waals surface area contributed by atoms with Crippen molar-refractivity contribution in [3.05, 3.63) is 30.9 Å². The molecule has 0 amide bonds. The maximum Gasteiger partial charge on any atom is 0.0946 e. The smallest absolute Gasteiger partial charge is 0.0946 e. The topological polar surface area (TPSA) is 29.9 Å². The highest BCUT2D eigenvalue weighted by molar-refractivity contribution is 5.04. The minimum Gasteiger partial charge on any atom is -0.336 e. The molecule has 1 N–H and O–H groups in total. The van der Waals surface area contributed by atoms with Crippen LogP contribution in [0.15, 0.2) is 25.2 Å². The molecule has 3 heteroatoms. The Morgan fingerprint density at radius 2 is 2.54 bits per heavy atom. The molecular formula is C10H17N3. The van der Waals surface area contributed by atoms with E-state index < -0.39 is 0 Å². The number of aryl methyl sites for hydroxylation is 1. The summed E-state index contributed by atoms with van der Waals surface area (Å²) in [4.78, 5) is 4.10. The Kier molecular flexibility index (Phi) is 3.71. The molecule has 72 valence electrons. The van der Waals surface area contributed by atoms with Gasteiger partial charge < -0.3 is 9.88 Å². The maximum absolute atomic E-state index is 4.10. The SMILES string of the molecule is C=CCCC(NC)c1cncn1C. The second-order valence-electron chi connectivity index (χ2n) is 3.14. The third kappa shape index (κ3) is 2.42. The summed E-state index contributed by atoms with van der Waals surface area (Å²) in [5, 5.41) is 3.27. The van der Waals surface area contributed by atoms with Crippen molar-refractivity contribution in [1.29, 1.82) is 0 Å². The molecule has 0 bridgehead atoms. The number of hydrogen-bond acceptors (Lipinski definition) is 2. The van der Waals surface area contributed by atoms with Crippen molar-refractivity contribution in [2.45, 2.75) is 18.9 Å². The number of allylic oxidation sites excluding steroid dienone is 1. The fraction of sp³-hybridized carbons (Fsp3) is 0.500. The molecule has 13 heavy (non-hydrogen) atoms. The molecule has 1 heterocycles. The largest absolute Gasteiger partial charge is 0.336 e. The van der Waals surface area contributed by atoms with Crippen molar-refractivity contribution < 1.29 is 0 Å². The van der Waals surface area contributed by atoms with Gasteiger partial charge in [-0.3, -0.25) is 0 Å². The summed E-state index contributed by atoms with van der Waals surface area (Å²) in [7, 11) is 3.99. The van der Waals surface area contributed by atoms with Crippen LogP contribution in [0.3, 0.4) is 0 Å². The van der Waals surface area contributed by atoms with E-state index in [1.807, 2.05) is 37.3 Å². The molecule has 0 saturated carbocycles. The number of nitrogens with one attached hydrogen (secondary N) is 1. The predicted octanol–water partition coefficient (Wildman–Crippen LogP) is 1.65. The standard InChI is InChI=1S/C10H17N3/c1-4-5-6-9(11-2)10-7-12-8-13(10)3/h4,7-9,11H,1,5-6H2,2-3H3. The summed E-state index contributed by atoms with van der Waals surface area (Å²) in [6.45, 7) is 3.72.